The molecule has 0 aliphatic carbocycles. The molecule has 1 aromatic heterocycles. The van der Waals surface area contributed by atoms with Crippen LogP contribution in [-0.2, 0) is 6.54 Å². The van der Waals surface area contributed by atoms with E-state index < -0.39 is 0 Å². The summed E-state index contributed by atoms with van der Waals surface area (Å²) in [4.78, 5) is 11.4. The number of ether oxygens (including phenoxy) is 2. The molecule has 1 aliphatic rings. The first kappa shape index (κ1) is 20.8. The number of piperidine rings is 1. The van der Waals surface area contributed by atoms with Gasteiger partial charge >= 0.3 is 0 Å². The lowest BCUT2D eigenvalue weighted by molar-refractivity contribution is 0.393. The molecule has 0 saturated carbocycles. The highest BCUT2D eigenvalue weighted by Crippen LogP contribution is 2.30. The summed E-state index contributed by atoms with van der Waals surface area (Å²) in [6.45, 7) is 5.41. The molecular weight excluding hydrogens is 366 g/mol. The minimum atomic E-state index is 0.389. The van der Waals surface area contributed by atoms with E-state index in [0.29, 0.717) is 12.6 Å². The smallest absolute Gasteiger partial charge is 0.191 e. The summed E-state index contributed by atoms with van der Waals surface area (Å²) >= 11 is 0. The Balaban J connectivity index is 1.58. The number of pyridine rings is 1. The molecule has 1 aliphatic heterocycles. The van der Waals surface area contributed by atoms with Crippen LogP contribution in [0.25, 0.3) is 0 Å². The maximum absolute atomic E-state index is 5.40. The third kappa shape index (κ3) is 6.01. The van der Waals surface area contributed by atoms with Crippen molar-refractivity contribution in [3.63, 3.8) is 0 Å². The van der Waals surface area contributed by atoms with Gasteiger partial charge in [0.25, 0.3) is 0 Å². The van der Waals surface area contributed by atoms with Gasteiger partial charge in [-0.15, -0.1) is 0 Å². The fraction of sp³-hybridized carbons (Fsp3) is 0.455. The summed E-state index contributed by atoms with van der Waals surface area (Å²) in [5, 5.41) is 6.92. The van der Waals surface area contributed by atoms with Crippen LogP contribution in [0.15, 0.2) is 47.6 Å². The van der Waals surface area contributed by atoms with Gasteiger partial charge in [0.15, 0.2) is 5.96 Å². The summed E-state index contributed by atoms with van der Waals surface area (Å²) < 4.78 is 10.8. The van der Waals surface area contributed by atoms with E-state index in [9.17, 15) is 0 Å². The van der Waals surface area contributed by atoms with Crippen molar-refractivity contribution in [2.75, 3.05) is 38.8 Å². The molecule has 7 heteroatoms. The number of nitrogens with one attached hydrogen (secondary N) is 2. The van der Waals surface area contributed by atoms with Crippen molar-refractivity contribution in [2.24, 2.45) is 4.99 Å². The van der Waals surface area contributed by atoms with Crippen molar-refractivity contribution in [1.29, 1.82) is 0 Å². The van der Waals surface area contributed by atoms with Crippen molar-refractivity contribution >= 4 is 11.6 Å². The zero-order chi connectivity index (χ0) is 20.5. The average Bonchev–Trinajstić information content (AvgIpc) is 2.78. The van der Waals surface area contributed by atoms with Crippen LogP contribution < -0.4 is 25.0 Å². The van der Waals surface area contributed by atoms with Gasteiger partial charge in [0.05, 0.1) is 26.5 Å². The predicted octanol–water partition coefficient (Wildman–Crippen LogP) is 2.82. The zero-order valence-electron chi connectivity index (χ0n) is 17.5. The van der Waals surface area contributed by atoms with Crippen LogP contribution in [0, 0.1) is 0 Å². The van der Waals surface area contributed by atoms with Gasteiger partial charge in [-0.1, -0.05) is 6.07 Å². The molecule has 0 unspecified atom stereocenters. The molecule has 0 amide bonds. The number of guanidine groups is 1. The van der Waals surface area contributed by atoms with E-state index in [1.165, 1.54) is 0 Å². The van der Waals surface area contributed by atoms with E-state index in [4.69, 9.17) is 9.47 Å². The van der Waals surface area contributed by atoms with Crippen molar-refractivity contribution in [2.45, 2.75) is 32.4 Å². The molecule has 0 bridgehead atoms. The van der Waals surface area contributed by atoms with E-state index in [0.717, 1.165) is 61.3 Å². The van der Waals surface area contributed by atoms with E-state index in [2.05, 4.69) is 44.6 Å². The van der Waals surface area contributed by atoms with Crippen LogP contribution in [-0.4, -0.2) is 50.8 Å². The fourth-order valence-electron chi connectivity index (χ4n) is 3.42. The van der Waals surface area contributed by atoms with Crippen LogP contribution in [0.1, 0.15) is 25.5 Å². The second-order valence-electron chi connectivity index (χ2n) is 6.99. The van der Waals surface area contributed by atoms with Gasteiger partial charge in [0.1, 0.15) is 11.5 Å². The van der Waals surface area contributed by atoms with Gasteiger partial charge in [0, 0.05) is 55.8 Å². The van der Waals surface area contributed by atoms with Crippen molar-refractivity contribution in [1.82, 2.24) is 15.6 Å². The SMILES string of the molecule is CCNC(=NCc1ccccn1)NC1CCN(c2cc(OC)cc(OC)c2)CC1. The summed E-state index contributed by atoms with van der Waals surface area (Å²) in [7, 11) is 3.36. The molecule has 156 valence electrons. The largest absolute Gasteiger partial charge is 0.497 e. The van der Waals surface area contributed by atoms with Crippen LogP contribution >= 0.6 is 0 Å². The molecule has 1 aromatic carbocycles. The van der Waals surface area contributed by atoms with Crippen LogP contribution in [0.4, 0.5) is 5.69 Å². The molecule has 0 spiro atoms. The standard InChI is InChI=1S/C22H31N5O2/c1-4-23-22(25-16-18-7-5-6-10-24-18)26-17-8-11-27(12-9-17)19-13-20(28-2)15-21(14-19)29-3/h5-7,10,13-15,17H,4,8-9,11-12,16H2,1-3H3,(H2,23,25,26). The van der Waals surface area contributed by atoms with Crippen molar-refractivity contribution < 1.29 is 9.47 Å². The number of anilines is 1. The van der Waals surface area contributed by atoms with E-state index in [1.54, 1.807) is 20.4 Å². The summed E-state index contributed by atoms with van der Waals surface area (Å²) in [6.07, 6.45) is 3.87. The van der Waals surface area contributed by atoms with Gasteiger partial charge in [-0.3, -0.25) is 4.98 Å². The Bertz CT molecular complexity index is 767. The zero-order valence-corrected chi connectivity index (χ0v) is 17.5. The molecule has 3 rings (SSSR count). The Kier molecular flexibility index (Phi) is 7.55. The number of rotatable bonds is 7. The molecule has 1 fully saturated rings. The highest BCUT2D eigenvalue weighted by Gasteiger charge is 2.21. The Morgan fingerprint density at radius 1 is 1.14 bits per heavy atom. The van der Waals surface area contributed by atoms with Crippen molar-refractivity contribution in [3.05, 3.63) is 48.3 Å². The third-order valence-electron chi connectivity index (χ3n) is 5.01. The molecule has 2 heterocycles. The Hall–Kier alpha value is -2.96. The minimum absolute atomic E-state index is 0.389. The Labute approximate surface area is 173 Å². The van der Waals surface area contributed by atoms with Crippen LogP contribution in [0.2, 0.25) is 0 Å². The number of methoxy groups -OCH3 is 2. The molecule has 2 aromatic rings. The fourth-order valence-corrected chi connectivity index (χ4v) is 3.42. The summed E-state index contributed by atoms with van der Waals surface area (Å²) in [5.74, 6) is 2.48. The molecular formula is C22H31N5O2. The molecule has 0 radical (unpaired) electrons. The number of hydrogen-bond donors (Lipinski definition) is 2. The minimum Gasteiger partial charge on any atom is -0.497 e. The van der Waals surface area contributed by atoms with E-state index in [-0.39, 0.29) is 0 Å². The normalized spacial score (nSPS) is 15.1. The summed E-state index contributed by atoms with van der Waals surface area (Å²) in [6, 6.07) is 12.3. The van der Waals surface area contributed by atoms with Crippen molar-refractivity contribution in [3.8, 4) is 11.5 Å². The second-order valence-corrected chi connectivity index (χ2v) is 6.99. The first-order valence-electron chi connectivity index (χ1n) is 10.1. The lowest BCUT2D eigenvalue weighted by Gasteiger charge is -2.34. The first-order chi connectivity index (χ1) is 14.2. The number of aromatic nitrogens is 1. The second kappa shape index (κ2) is 10.5. The highest BCUT2D eigenvalue weighted by atomic mass is 16.5. The molecule has 1 saturated heterocycles. The lowest BCUT2D eigenvalue weighted by atomic mass is 10.0. The van der Waals surface area contributed by atoms with Gasteiger partial charge in [-0.05, 0) is 31.9 Å². The quantitative estimate of drug-likeness (QED) is 0.553. The van der Waals surface area contributed by atoms with Gasteiger partial charge in [-0.25, -0.2) is 4.99 Å². The van der Waals surface area contributed by atoms with E-state index in [1.807, 2.05) is 24.3 Å². The topological polar surface area (TPSA) is 71.0 Å². The number of hydrogen-bond acceptors (Lipinski definition) is 5. The maximum Gasteiger partial charge on any atom is 0.191 e. The molecule has 29 heavy (non-hydrogen) atoms. The Morgan fingerprint density at radius 2 is 1.86 bits per heavy atom. The third-order valence-corrected chi connectivity index (χ3v) is 5.01. The van der Waals surface area contributed by atoms with Gasteiger partial charge in [0.2, 0.25) is 0 Å². The summed E-state index contributed by atoms with van der Waals surface area (Å²) in [5.41, 5.74) is 2.10. The monoisotopic (exact) mass is 397 g/mol. The maximum atomic E-state index is 5.40. The molecule has 2 N–H and O–H groups in total. The number of aliphatic imine (C=N–C) groups is 1. The van der Waals surface area contributed by atoms with Crippen LogP contribution in [0.5, 0.6) is 11.5 Å². The predicted molar refractivity (Wildman–Crippen MR) is 117 cm³/mol. The Morgan fingerprint density at radius 3 is 2.45 bits per heavy atom. The van der Waals surface area contributed by atoms with Crippen LogP contribution in [0.3, 0.4) is 0 Å². The van der Waals surface area contributed by atoms with E-state index >= 15 is 0 Å². The average molecular weight is 398 g/mol. The van der Waals surface area contributed by atoms with Gasteiger partial charge < -0.3 is 25.0 Å². The van der Waals surface area contributed by atoms with Gasteiger partial charge in [-0.2, -0.15) is 0 Å². The highest BCUT2D eigenvalue weighted by molar-refractivity contribution is 5.80. The number of benzene rings is 1. The molecule has 7 nitrogen and oxygen atoms in total. The molecule has 0 atom stereocenters. The first-order valence-corrected chi connectivity index (χ1v) is 10.1. The number of nitrogens with zero attached hydrogens (tertiary/aromatic N) is 3. The lowest BCUT2D eigenvalue weighted by Crippen LogP contribution is -2.48.